The summed E-state index contributed by atoms with van der Waals surface area (Å²) in [6.07, 6.45) is 4.61. The number of carbonyl (C=O) groups is 1. The monoisotopic (exact) mass is 273 g/mol. The zero-order chi connectivity index (χ0) is 14.1. The number of ether oxygens (including phenoxy) is 1. The third-order valence-electron chi connectivity index (χ3n) is 2.93. The van der Waals surface area contributed by atoms with Crippen LogP contribution in [0.1, 0.15) is 34.9 Å². The smallest absolute Gasteiger partial charge is 0.339 e. The number of nitrogens with one attached hydrogen (secondary N) is 1. The van der Waals surface area contributed by atoms with E-state index in [-0.39, 0.29) is 28.7 Å². The van der Waals surface area contributed by atoms with E-state index < -0.39 is 5.97 Å². The van der Waals surface area contributed by atoms with Crippen molar-refractivity contribution in [3.05, 3.63) is 46.3 Å². The summed E-state index contributed by atoms with van der Waals surface area (Å²) in [4.78, 5) is 33.3. The maximum absolute atomic E-state index is 11.5. The fraction of sp³-hybridized carbons (Fsp3) is 0.231. The van der Waals surface area contributed by atoms with Gasteiger partial charge in [-0.15, -0.1) is 0 Å². The van der Waals surface area contributed by atoms with Gasteiger partial charge < -0.3 is 14.8 Å². The van der Waals surface area contributed by atoms with Crippen LogP contribution in [-0.4, -0.2) is 26.0 Å². The van der Waals surface area contributed by atoms with Crippen molar-refractivity contribution in [2.45, 2.75) is 18.8 Å². The molecule has 0 aromatic carbocycles. The Morgan fingerprint density at radius 3 is 2.95 bits per heavy atom. The minimum absolute atomic E-state index is 0.0324. The molecule has 0 spiro atoms. The average Bonchev–Trinajstić information content (AvgIpc) is 3.22. The molecule has 1 fully saturated rings. The second-order valence-corrected chi connectivity index (χ2v) is 4.52. The Kier molecular flexibility index (Phi) is 2.94. The number of aromatic nitrogens is 3. The van der Waals surface area contributed by atoms with Gasteiger partial charge in [-0.3, -0.25) is 9.78 Å². The summed E-state index contributed by atoms with van der Waals surface area (Å²) in [5, 5.41) is 9.05. The summed E-state index contributed by atoms with van der Waals surface area (Å²) in [6, 6.07) is 2.51. The molecule has 2 aromatic heterocycles. The number of carboxylic acid groups (broad SMARTS) is 1. The van der Waals surface area contributed by atoms with Crippen LogP contribution >= 0.6 is 0 Å². The zero-order valence-electron chi connectivity index (χ0n) is 10.4. The molecule has 2 N–H and O–H groups in total. The molecule has 1 aliphatic carbocycles. The largest absolute Gasteiger partial charge is 0.478 e. The first kappa shape index (κ1) is 12.3. The van der Waals surface area contributed by atoms with Crippen LogP contribution < -0.4 is 10.3 Å². The molecular weight excluding hydrogens is 262 g/mol. The van der Waals surface area contributed by atoms with Gasteiger partial charge in [-0.2, -0.15) is 4.98 Å². The van der Waals surface area contributed by atoms with E-state index in [1.54, 1.807) is 0 Å². The van der Waals surface area contributed by atoms with E-state index in [0.29, 0.717) is 5.82 Å². The highest BCUT2D eigenvalue weighted by Gasteiger charge is 2.26. The Hall–Kier alpha value is -2.70. The lowest BCUT2D eigenvalue weighted by Gasteiger charge is -2.07. The second-order valence-electron chi connectivity index (χ2n) is 4.52. The van der Waals surface area contributed by atoms with Crippen molar-refractivity contribution >= 4 is 5.97 Å². The molecule has 102 valence electrons. The van der Waals surface area contributed by atoms with Crippen LogP contribution in [0.3, 0.4) is 0 Å². The number of aromatic amines is 1. The summed E-state index contributed by atoms with van der Waals surface area (Å²) in [5.41, 5.74) is -0.354. The average molecular weight is 273 g/mol. The maximum atomic E-state index is 11.5. The van der Waals surface area contributed by atoms with Gasteiger partial charge in [0, 0.05) is 12.1 Å². The number of H-pyrrole nitrogens is 1. The molecule has 0 atom stereocenters. The van der Waals surface area contributed by atoms with Gasteiger partial charge in [0.05, 0.1) is 12.3 Å². The predicted octanol–water partition coefficient (Wildman–Crippen LogP) is 1.53. The van der Waals surface area contributed by atoms with E-state index in [1.165, 1.54) is 24.5 Å². The summed E-state index contributed by atoms with van der Waals surface area (Å²) in [7, 11) is 0. The van der Waals surface area contributed by atoms with Crippen LogP contribution in [0.2, 0.25) is 0 Å². The first-order valence-electron chi connectivity index (χ1n) is 6.10. The van der Waals surface area contributed by atoms with Crippen molar-refractivity contribution in [3.8, 4) is 11.6 Å². The number of carboxylic acids is 1. The van der Waals surface area contributed by atoms with Crippen LogP contribution in [0.25, 0.3) is 0 Å². The molecule has 0 bridgehead atoms. The molecule has 1 aliphatic rings. The second kappa shape index (κ2) is 4.76. The number of pyridine rings is 1. The quantitative estimate of drug-likeness (QED) is 0.875. The Balaban J connectivity index is 1.95. The lowest BCUT2D eigenvalue weighted by atomic mass is 10.2. The molecule has 7 nitrogen and oxygen atoms in total. The van der Waals surface area contributed by atoms with E-state index in [2.05, 4.69) is 15.0 Å². The summed E-state index contributed by atoms with van der Waals surface area (Å²) in [6.45, 7) is 0. The molecule has 2 heterocycles. The van der Waals surface area contributed by atoms with Gasteiger partial charge in [0.1, 0.15) is 11.4 Å². The molecule has 20 heavy (non-hydrogen) atoms. The van der Waals surface area contributed by atoms with Gasteiger partial charge in [0.2, 0.25) is 5.88 Å². The zero-order valence-corrected chi connectivity index (χ0v) is 10.4. The van der Waals surface area contributed by atoms with Gasteiger partial charge in [-0.05, 0) is 18.9 Å². The highest BCUT2D eigenvalue weighted by molar-refractivity contribution is 5.90. The van der Waals surface area contributed by atoms with Crippen LogP contribution in [0.5, 0.6) is 11.6 Å². The van der Waals surface area contributed by atoms with Crippen molar-refractivity contribution in [2.75, 3.05) is 0 Å². The highest BCUT2D eigenvalue weighted by atomic mass is 16.5. The molecular formula is C13H11N3O4. The third kappa shape index (κ3) is 2.51. The highest BCUT2D eigenvalue weighted by Crippen LogP contribution is 2.38. The first-order chi connectivity index (χ1) is 9.63. The normalized spacial score (nSPS) is 14.0. The summed E-state index contributed by atoms with van der Waals surface area (Å²) < 4.78 is 5.40. The first-order valence-corrected chi connectivity index (χ1v) is 6.10. The number of hydrogen-bond acceptors (Lipinski definition) is 5. The molecule has 0 unspecified atom stereocenters. The lowest BCUT2D eigenvalue weighted by molar-refractivity contribution is 0.0694. The molecule has 0 amide bonds. The molecule has 7 heteroatoms. The Bertz CT molecular complexity index is 722. The molecule has 0 saturated heterocycles. The fourth-order valence-electron chi connectivity index (χ4n) is 1.81. The van der Waals surface area contributed by atoms with E-state index in [4.69, 9.17) is 9.84 Å². The van der Waals surface area contributed by atoms with Crippen molar-refractivity contribution < 1.29 is 14.6 Å². The lowest BCUT2D eigenvalue weighted by Crippen LogP contribution is -2.11. The standard InChI is InChI=1S/C13H11N3O4/c17-10-5-11(16-12(15-10)7-1-2-7)20-9-6-14-4-3-8(9)13(18)19/h3-7H,1-2H2,(H,18,19)(H,15,16,17). The van der Waals surface area contributed by atoms with Crippen molar-refractivity contribution in [1.29, 1.82) is 0 Å². The minimum atomic E-state index is -1.13. The van der Waals surface area contributed by atoms with Crippen LogP contribution in [0.4, 0.5) is 0 Å². The molecule has 2 aromatic rings. The van der Waals surface area contributed by atoms with Gasteiger partial charge in [0.25, 0.3) is 5.56 Å². The van der Waals surface area contributed by atoms with Gasteiger partial charge in [0.15, 0.2) is 5.75 Å². The van der Waals surface area contributed by atoms with Crippen molar-refractivity contribution in [3.63, 3.8) is 0 Å². The van der Waals surface area contributed by atoms with Crippen LogP contribution in [0.15, 0.2) is 29.3 Å². The van der Waals surface area contributed by atoms with Crippen molar-refractivity contribution in [1.82, 2.24) is 15.0 Å². The fourth-order valence-corrected chi connectivity index (χ4v) is 1.81. The molecule has 1 saturated carbocycles. The Labute approximate surface area is 113 Å². The van der Waals surface area contributed by atoms with E-state index in [0.717, 1.165) is 12.8 Å². The van der Waals surface area contributed by atoms with Gasteiger partial charge in [-0.25, -0.2) is 4.79 Å². The molecule has 0 radical (unpaired) electrons. The third-order valence-corrected chi connectivity index (χ3v) is 2.93. The van der Waals surface area contributed by atoms with Gasteiger partial charge >= 0.3 is 5.97 Å². The van der Waals surface area contributed by atoms with E-state index >= 15 is 0 Å². The Morgan fingerprint density at radius 2 is 2.25 bits per heavy atom. The predicted molar refractivity (Wildman–Crippen MR) is 68.1 cm³/mol. The van der Waals surface area contributed by atoms with Crippen LogP contribution in [-0.2, 0) is 0 Å². The van der Waals surface area contributed by atoms with Crippen molar-refractivity contribution in [2.24, 2.45) is 0 Å². The number of hydrogen-bond donors (Lipinski definition) is 2. The van der Waals surface area contributed by atoms with E-state index in [1.807, 2.05) is 0 Å². The molecule has 0 aliphatic heterocycles. The Morgan fingerprint density at radius 1 is 1.45 bits per heavy atom. The SMILES string of the molecule is O=C(O)c1ccncc1Oc1cc(=O)[nH]c(C2CC2)n1. The number of rotatable bonds is 4. The summed E-state index contributed by atoms with van der Waals surface area (Å²) >= 11 is 0. The van der Waals surface area contributed by atoms with Gasteiger partial charge in [-0.1, -0.05) is 0 Å². The molecule has 3 rings (SSSR count). The minimum Gasteiger partial charge on any atom is -0.478 e. The number of aromatic carboxylic acids is 1. The number of nitrogens with zero attached hydrogens (tertiary/aromatic N) is 2. The van der Waals surface area contributed by atoms with Crippen LogP contribution in [0, 0.1) is 0 Å². The van der Waals surface area contributed by atoms with E-state index in [9.17, 15) is 9.59 Å². The maximum Gasteiger partial charge on any atom is 0.339 e. The topological polar surface area (TPSA) is 105 Å². The summed E-state index contributed by atoms with van der Waals surface area (Å²) in [5.74, 6) is -0.159.